The Bertz CT molecular complexity index is 453. The van der Waals surface area contributed by atoms with Gasteiger partial charge in [0.15, 0.2) is 0 Å². The lowest BCUT2D eigenvalue weighted by Gasteiger charge is -2.20. The highest BCUT2D eigenvalue weighted by atomic mass is 28.3. The third kappa shape index (κ3) is 3.29. The molecule has 0 fully saturated rings. The van der Waals surface area contributed by atoms with Crippen LogP contribution in [0.15, 0.2) is 54.0 Å². The van der Waals surface area contributed by atoms with Crippen LogP contribution in [-0.4, -0.2) is 9.28 Å². The molecule has 0 spiro atoms. The zero-order valence-electron chi connectivity index (χ0n) is 11.2. The van der Waals surface area contributed by atoms with Gasteiger partial charge in [0.25, 0.3) is 0 Å². The fraction of sp³-hybridized carbons (Fsp3) is 0.375. The van der Waals surface area contributed by atoms with E-state index < -0.39 is 9.28 Å². The lowest BCUT2D eigenvalue weighted by atomic mass is 10.4. The molecule has 2 aliphatic rings. The van der Waals surface area contributed by atoms with Crippen LogP contribution in [0.4, 0.5) is 0 Å². The van der Waals surface area contributed by atoms with Gasteiger partial charge in [-0.3, -0.25) is 0 Å². The molecule has 2 nitrogen and oxygen atoms in total. The molecule has 0 heterocycles. The van der Waals surface area contributed by atoms with Gasteiger partial charge >= 0.3 is 9.28 Å². The van der Waals surface area contributed by atoms with Crippen molar-refractivity contribution in [1.29, 1.82) is 0 Å². The van der Waals surface area contributed by atoms with E-state index in [1.165, 1.54) is 18.0 Å². The van der Waals surface area contributed by atoms with Crippen LogP contribution in [0.25, 0.3) is 0 Å². The summed E-state index contributed by atoms with van der Waals surface area (Å²) in [6, 6.07) is 10.4. The second-order valence-electron chi connectivity index (χ2n) is 5.10. The number of benzene rings is 1. The van der Waals surface area contributed by atoms with Gasteiger partial charge < -0.3 is 8.85 Å². The van der Waals surface area contributed by atoms with Gasteiger partial charge in [0, 0.05) is 18.0 Å². The molecule has 100 valence electrons. The van der Waals surface area contributed by atoms with E-state index in [2.05, 4.69) is 36.4 Å². The van der Waals surface area contributed by atoms with E-state index in [4.69, 9.17) is 8.85 Å². The molecule has 1 aromatic carbocycles. The fourth-order valence-corrected chi connectivity index (χ4v) is 4.38. The molecule has 0 atom stereocenters. The minimum absolute atomic E-state index is 1.07. The Balaban J connectivity index is 1.74. The van der Waals surface area contributed by atoms with E-state index in [1.54, 1.807) is 0 Å². The number of hydrogen-bond acceptors (Lipinski definition) is 2. The summed E-state index contributed by atoms with van der Waals surface area (Å²) < 4.78 is 12.4. The van der Waals surface area contributed by atoms with Crippen LogP contribution in [0.1, 0.15) is 38.5 Å². The van der Waals surface area contributed by atoms with Gasteiger partial charge in [-0.1, -0.05) is 30.3 Å². The van der Waals surface area contributed by atoms with E-state index in [-0.39, 0.29) is 0 Å². The lowest BCUT2D eigenvalue weighted by Crippen LogP contribution is -2.36. The fourth-order valence-electron chi connectivity index (χ4n) is 2.54. The molecule has 0 saturated carbocycles. The monoisotopic (exact) mass is 272 g/mol. The molecule has 2 aliphatic carbocycles. The highest BCUT2D eigenvalue weighted by molar-refractivity contribution is 6.61. The van der Waals surface area contributed by atoms with Crippen LogP contribution in [-0.2, 0) is 8.85 Å². The van der Waals surface area contributed by atoms with Crippen LogP contribution < -0.4 is 5.19 Å². The Hall–Kier alpha value is -1.48. The van der Waals surface area contributed by atoms with Crippen LogP contribution in [0.3, 0.4) is 0 Å². The topological polar surface area (TPSA) is 18.5 Å². The van der Waals surface area contributed by atoms with Gasteiger partial charge in [0.1, 0.15) is 0 Å². The molecule has 0 aromatic heterocycles. The van der Waals surface area contributed by atoms with E-state index in [9.17, 15) is 0 Å². The Morgan fingerprint density at radius 3 is 1.84 bits per heavy atom. The SMILES string of the molecule is C1=C(O[SiH](OC2=CCCC2)c2ccccc2)CCC1. The summed E-state index contributed by atoms with van der Waals surface area (Å²) in [4.78, 5) is 0. The average Bonchev–Trinajstić information content (AvgIpc) is 3.12. The quantitative estimate of drug-likeness (QED) is 0.766. The van der Waals surface area contributed by atoms with Crippen molar-refractivity contribution >= 4 is 14.5 Å². The lowest BCUT2D eigenvalue weighted by molar-refractivity contribution is 0.297. The standard InChI is InChI=1S/C16H20O2Si/c1-2-12-16(13-3-1)19(17-14-8-4-5-9-14)18-15-10-6-7-11-15/h1-3,8,10,12-13,19H,4-7,9,11H2. The van der Waals surface area contributed by atoms with Gasteiger partial charge in [-0.15, -0.1) is 0 Å². The molecule has 3 heteroatoms. The minimum atomic E-state index is -1.83. The third-order valence-electron chi connectivity index (χ3n) is 3.59. The molecule has 0 amide bonds. The van der Waals surface area contributed by atoms with Crippen molar-refractivity contribution in [2.45, 2.75) is 38.5 Å². The molecule has 1 aromatic rings. The predicted octanol–water partition coefficient (Wildman–Crippen LogP) is 3.28. The maximum atomic E-state index is 6.20. The van der Waals surface area contributed by atoms with Crippen molar-refractivity contribution in [3.05, 3.63) is 54.0 Å². The first-order valence-electron chi connectivity index (χ1n) is 7.18. The Kier molecular flexibility index (Phi) is 4.03. The van der Waals surface area contributed by atoms with Crippen molar-refractivity contribution in [3.8, 4) is 0 Å². The van der Waals surface area contributed by atoms with Gasteiger partial charge in [-0.05, 0) is 37.8 Å². The first-order valence-corrected chi connectivity index (χ1v) is 8.70. The molecule has 0 N–H and O–H groups in total. The minimum Gasteiger partial charge on any atom is -0.515 e. The van der Waals surface area contributed by atoms with Crippen molar-refractivity contribution in [2.24, 2.45) is 0 Å². The summed E-state index contributed by atoms with van der Waals surface area (Å²) in [5.74, 6) is 2.28. The Labute approximate surface area is 116 Å². The highest BCUT2D eigenvalue weighted by Crippen LogP contribution is 2.23. The largest absolute Gasteiger partial charge is 0.515 e. The molecule has 0 bridgehead atoms. The van der Waals surface area contributed by atoms with Gasteiger partial charge in [-0.25, -0.2) is 0 Å². The van der Waals surface area contributed by atoms with E-state index in [0.29, 0.717) is 0 Å². The van der Waals surface area contributed by atoms with Crippen LogP contribution >= 0.6 is 0 Å². The second-order valence-corrected chi connectivity index (χ2v) is 6.91. The molecule has 3 rings (SSSR count). The van der Waals surface area contributed by atoms with Crippen LogP contribution in [0, 0.1) is 0 Å². The average molecular weight is 272 g/mol. The summed E-state index contributed by atoms with van der Waals surface area (Å²) in [5.41, 5.74) is 0. The molecule has 0 unspecified atom stereocenters. The number of allylic oxidation sites excluding steroid dienone is 4. The zero-order chi connectivity index (χ0) is 12.9. The van der Waals surface area contributed by atoms with Gasteiger partial charge in [0.05, 0.1) is 11.5 Å². The van der Waals surface area contributed by atoms with Crippen molar-refractivity contribution < 1.29 is 8.85 Å². The summed E-state index contributed by atoms with van der Waals surface area (Å²) >= 11 is 0. The summed E-state index contributed by atoms with van der Waals surface area (Å²) in [6.45, 7) is 0. The molecule has 0 aliphatic heterocycles. The number of hydrogen-bond donors (Lipinski definition) is 0. The number of rotatable bonds is 5. The molecular weight excluding hydrogens is 252 g/mol. The van der Waals surface area contributed by atoms with E-state index >= 15 is 0 Å². The molecular formula is C16H20O2Si. The first-order chi connectivity index (χ1) is 9.42. The van der Waals surface area contributed by atoms with Crippen molar-refractivity contribution in [3.63, 3.8) is 0 Å². The molecule has 19 heavy (non-hydrogen) atoms. The second kappa shape index (κ2) is 6.11. The summed E-state index contributed by atoms with van der Waals surface area (Å²) in [7, 11) is -1.83. The van der Waals surface area contributed by atoms with Crippen LogP contribution in [0.2, 0.25) is 0 Å². The highest BCUT2D eigenvalue weighted by Gasteiger charge is 2.24. The summed E-state index contributed by atoms with van der Waals surface area (Å²) in [6.07, 6.45) is 11.3. The maximum Gasteiger partial charge on any atom is 0.479 e. The van der Waals surface area contributed by atoms with Gasteiger partial charge in [0.2, 0.25) is 0 Å². The van der Waals surface area contributed by atoms with Crippen molar-refractivity contribution in [1.82, 2.24) is 0 Å². The Morgan fingerprint density at radius 1 is 0.789 bits per heavy atom. The van der Waals surface area contributed by atoms with Gasteiger partial charge in [-0.2, -0.15) is 0 Å². The molecule has 0 saturated heterocycles. The normalized spacial score (nSPS) is 18.4. The molecule has 0 radical (unpaired) electrons. The first kappa shape index (κ1) is 12.5. The Morgan fingerprint density at radius 2 is 1.37 bits per heavy atom. The third-order valence-corrected chi connectivity index (χ3v) is 5.55. The van der Waals surface area contributed by atoms with Crippen molar-refractivity contribution in [2.75, 3.05) is 0 Å². The smallest absolute Gasteiger partial charge is 0.479 e. The maximum absolute atomic E-state index is 6.20. The van der Waals surface area contributed by atoms with Crippen LogP contribution in [0.5, 0.6) is 0 Å². The zero-order valence-corrected chi connectivity index (χ0v) is 12.3. The van der Waals surface area contributed by atoms with E-state index in [0.717, 1.165) is 37.2 Å². The van der Waals surface area contributed by atoms with E-state index in [1.807, 2.05) is 6.07 Å². The predicted molar refractivity (Wildman–Crippen MR) is 79.3 cm³/mol. The summed E-state index contributed by atoms with van der Waals surface area (Å²) in [5, 5.41) is 1.23.